The van der Waals surface area contributed by atoms with Gasteiger partial charge in [-0.2, -0.15) is 0 Å². The van der Waals surface area contributed by atoms with Crippen LogP contribution in [0.2, 0.25) is 5.02 Å². The van der Waals surface area contributed by atoms with Crippen LogP contribution in [0.15, 0.2) is 29.9 Å². The average Bonchev–Trinajstić information content (AvgIpc) is 2.69. The molecule has 15 heavy (non-hydrogen) atoms. The van der Waals surface area contributed by atoms with Crippen molar-refractivity contribution in [2.45, 2.75) is 6.54 Å². The van der Waals surface area contributed by atoms with Crippen molar-refractivity contribution in [3.8, 4) is 0 Å². The predicted octanol–water partition coefficient (Wildman–Crippen LogP) is 4.01. The van der Waals surface area contributed by atoms with Gasteiger partial charge in [-0.05, 0) is 40.8 Å². The maximum Gasteiger partial charge on any atom is 0.0794 e. The molecular formula is C10H8ClIN2S. The van der Waals surface area contributed by atoms with Gasteiger partial charge in [-0.1, -0.05) is 11.6 Å². The standard InChI is InChI=1S/C10H8ClIN2S/c11-9-3-7(12)1-2-10(9)14-5-8-4-13-6-15-8/h1-4,6,14H,5H2. The van der Waals surface area contributed by atoms with E-state index in [0.717, 1.165) is 20.8 Å². The molecule has 5 heteroatoms. The lowest BCUT2D eigenvalue weighted by Crippen LogP contribution is -1.98. The maximum absolute atomic E-state index is 6.09. The van der Waals surface area contributed by atoms with Crippen molar-refractivity contribution in [3.63, 3.8) is 0 Å². The second-order valence-corrected chi connectivity index (χ2v) is 5.57. The molecule has 0 spiro atoms. The molecule has 0 fully saturated rings. The lowest BCUT2D eigenvalue weighted by Gasteiger charge is -2.06. The van der Waals surface area contributed by atoms with Crippen molar-refractivity contribution >= 4 is 51.2 Å². The molecule has 0 bridgehead atoms. The number of benzene rings is 1. The van der Waals surface area contributed by atoms with Gasteiger partial charge in [-0.3, -0.25) is 4.98 Å². The van der Waals surface area contributed by atoms with Gasteiger partial charge in [0.2, 0.25) is 0 Å². The van der Waals surface area contributed by atoms with Crippen molar-refractivity contribution in [1.29, 1.82) is 0 Å². The Labute approximate surface area is 111 Å². The normalized spacial score (nSPS) is 10.3. The van der Waals surface area contributed by atoms with Gasteiger partial charge in [0.25, 0.3) is 0 Å². The third-order valence-electron chi connectivity index (χ3n) is 1.87. The Morgan fingerprint density at radius 3 is 3.00 bits per heavy atom. The molecule has 0 saturated carbocycles. The second-order valence-electron chi connectivity index (χ2n) is 2.95. The van der Waals surface area contributed by atoms with Crippen molar-refractivity contribution in [3.05, 3.63) is 43.4 Å². The number of aromatic nitrogens is 1. The Hall–Kier alpha value is -0.330. The average molecular weight is 351 g/mol. The van der Waals surface area contributed by atoms with E-state index in [9.17, 15) is 0 Å². The minimum atomic E-state index is 0.756. The number of hydrogen-bond donors (Lipinski definition) is 1. The van der Waals surface area contributed by atoms with E-state index < -0.39 is 0 Å². The molecule has 1 aromatic heterocycles. The molecule has 2 nitrogen and oxygen atoms in total. The number of hydrogen-bond acceptors (Lipinski definition) is 3. The van der Waals surface area contributed by atoms with E-state index in [1.54, 1.807) is 11.3 Å². The molecule has 1 N–H and O–H groups in total. The monoisotopic (exact) mass is 350 g/mol. The second kappa shape index (κ2) is 5.14. The topological polar surface area (TPSA) is 24.9 Å². The van der Waals surface area contributed by atoms with Crippen LogP contribution in [0.25, 0.3) is 0 Å². The highest BCUT2D eigenvalue weighted by Gasteiger charge is 2.01. The molecule has 0 unspecified atom stereocenters. The summed E-state index contributed by atoms with van der Waals surface area (Å²) in [6, 6.07) is 5.96. The van der Waals surface area contributed by atoms with Crippen LogP contribution in [-0.2, 0) is 6.54 Å². The smallest absolute Gasteiger partial charge is 0.0794 e. The Morgan fingerprint density at radius 1 is 1.47 bits per heavy atom. The van der Waals surface area contributed by atoms with Gasteiger partial charge in [0, 0.05) is 14.6 Å². The van der Waals surface area contributed by atoms with Gasteiger partial charge in [-0.25, -0.2) is 0 Å². The Bertz CT molecular complexity index is 445. The molecule has 0 saturated heterocycles. The highest BCUT2D eigenvalue weighted by Crippen LogP contribution is 2.24. The molecule has 78 valence electrons. The first-order chi connectivity index (χ1) is 7.25. The number of rotatable bonds is 3. The van der Waals surface area contributed by atoms with Crippen LogP contribution >= 0.6 is 45.5 Å². The Morgan fingerprint density at radius 2 is 2.33 bits per heavy atom. The van der Waals surface area contributed by atoms with Crippen LogP contribution < -0.4 is 5.32 Å². The maximum atomic E-state index is 6.09. The van der Waals surface area contributed by atoms with Gasteiger partial charge in [-0.15, -0.1) is 11.3 Å². The summed E-state index contributed by atoms with van der Waals surface area (Å²) < 4.78 is 1.14. The summed E-state index contributed by atoms with van der Waals surface area (Å²) in [6.45, 7) is 0.769. The van der Waals surface area contributed by atoms with Crippen molar-refractivity contribution in [2.24, 2.45) is 0 Å². The summed E-state index contributed by atoms with van der Waals surface area (Å²) in [7, 11) is 0. The minimum Gasteiger partial charge on any atom is -0.379 e. The van der Waals surface area contributed by atoms with E-state index >= 15 is 0 Å². The summed E-state index contributed by atoms with van der Waals surface area (Å²) in [5, 5.41) is 4.03. The third kappa shape index (κ3) is 3.06. The number of nitrogens with one attached hydrogen (secondary N) is 1. The lowest BCUT2D eigenvalue weighted by atomic mass is 10.3. The molecule has 0 aliphatic heterocycles. The van der Waals surface area contributed by atoms with Crippen LogP contribution in [0.4, 0.5) is 5.69 Å². The predicted molar refractivity (Wildman–Crippen MR) is 73.6 cm³/mol. The molecule has 0 aliphatic carbocycles. The highest BCUT2D eigenvalue weighted by molar-refractivity contribution is 14.1. The van der Waals surface area contributed by atoms with Gasteiger partial charge in [0.15, 0.2) is 0 Å². The fourth-order valence-electron chi connectivity index (χ4n) is 1.14. The molecule has 0 atom stereocenters. The van der Waals surface area contributed by atoms with E-state index in [1.807, 2.05) is 29.9 Å². The molecule has 1 heterocycles. The zero-order valence-electron chi connectivity index (χ0n) is 7.71. The van der Waals surface area contributed by atoms with Crippen LogP contribution in [0.5, 0.6) is 0 Å². The third-order valence-corrected chi connectivity index (χ3v) is 3.63. The molecule has 2 aromatic rings. The van der Waals surface area contributed by atoms with Crippen LogP contribution in [0, 0.1) is 3.57 Å². The van der Waals surface area contributed by atoms with E-state index in [-0.39, 0.29) is 0 Å². The van der Waals surface area contributed by atoms with Crippen LogP contribution in [0.1, 0.15) is 4.88 Å². The largest absolute Gasteiger partial charge is 0.379 e. The van der Waals surface area contributed by atoms with Crippen molar-refractivity contribution in [1.82, 2.24) is 4.98 Å². The van der Waals surface area contributed by atoms with Gasteiger partial charge in [0.05, 0.1) is 22.8 Å². The zero-order chi connectivity index (χ0) is 10.7. The Balaban J connectivity index is 2.05. The first-order valence-corrected chi connectivity index (χ1v) is 6.65. The van der Waals surface area contributed by atoms with Gasteiger partial charge < -0.3 is 5.32 Å². The first kappa shape index (κ1) is 11.2. The molecule has 0 aliphatic rings. The number of anilines is 1. The van der Waals surface area contributed by atoms with Crippen molar-refractivity contribution in [2.75, 3.05) is 5.32 Å². The summed E-state index contributed by atoms with van der Waals surface area (Å²) in [5.41, 5.74) is 2.79. The van der Waals surface area contributed by atoms with E-state index in [1.165, 1.54) is 4.88 Å². The summed E-state index contributed by atoms with van der Waals surface area (Å²) in [4.78, 5) is 5.21. The summed E-state index contributed by atoms with van der Waals surface area (Å²) in [6.07, 6.45) is 1.86. The molecule has 0 amide bonds. The number of nitrogens with zero attached hydrogens (tertiary/aromatic N) is 1. The number of thiazole rings is 1. The van der Waals surface area contributed by atoms with Crippen LogP contribution in [-0.4, -0.2) is 4.98 Å². The molecule has 2 rings (SSSR count). The van der Waals surface area contributed by atoms with E-state index in [2.05, 4.69) is 32.9 Å². The summed E-state index contributed by atoms with van der Waals surface area (Å²) in [5.74, 6) is 0. The van der Waals surface area contributed by atoms with E-state index in [0.29, 0.717) is 0 Å². The molecular weight excluding hydrogens is 343 g/mol. The fraction of sp³-hybridized carbons (Fsp3) is 0.100. The highest BCUT2D eigenvalue weighted by atomic mass is 127. The first-order valence-electron chi connectivity index (χ1n) is 4.32. The minimum absolute atomic E-state index is 0.756. The summed E-state index contributed by atoms with van der Waals surface area (Å²) >= 11 is 9.96. The quantitative estimate of drug-likeness (QED) is 0.846. The lowest BCUT2D eigenvalue weighted by molar-refractivity contribution is 1.17. The van der Waals surface area contributed by atoms with Gasteiger partial charge in [0.1, 0.15) is 0 Å². The van der Waals surface area contributed by atoms with Crippen molar-refractivity contribution < 1.29 is 0 Å². The Kier molecular flexibility index (Phi) is 3.82. The fourth-order valence-corrected chi connectivity index (χ4v) is 2.60. The zero-order valence-corrected chi connectivity index (χ0v) is 11.4. The molecule has 0 radical (unpaired) electrons. The van der Waals surface area contributed by atoms with Gasteiger partial charge >= 0.3 is 0 Å². The molecule has 1 aromatic carbocycles. The SMILES string of the molecule is Clc1cc(I)ccc1NCc1cncs1. The van der Waals surface area contributed by atoms with E-state index in [4.69, 9.17) is 11.6 Å². The number of halogens is 2. The van der Waals surface area contributed by atoms with Crippen LogP contribution in [0.3, 0.4) is 0 Å².